The molecule has 2 aromatic carbocycles. The largest absolute Gasteiger partial charge is 0.342 e. The van der Waals surface area contributed by atoms with Crippen molar-refractivity contribution in [1.82, 2.24) is 9.80 Å². The number of anilines is 1. The van der Waals surface area contributed by atoms with Crippen molar-refractivity contribution in [2.45, 2.75) is 25.7 Å². The first-order valence-corrected chi connectivity index (χ1v) is 11.6. The molecule has 4 rings (SSSR count). The van der Waals surface area contributed by atoms with Gasteiger partial charge in [0.15, 0.2) is 0 Å². The van der Waals surface area contributed by atoms with Gasteiger partial charge < -0.3 is 15.1 Å². The third-order valence-corrected chi connectivity index (χ3v) is 6.62. The fourth-order valence-electron chi connectivity index (χ4n) is 4.52. The summed E-state index contributed by atoms with van der Waals surface area (Å²) in [5, 5.41) is 3.55. The smallest absolute Gasteiger partial charge is 0.253 e. The second kappa shape index (κ2) is 10.2. The predicted molar refractivity (Wildman–Crippen MR) is 124 cm³/mol. The molecule has 1 N–H and O–H groups in total. The van der Waals surface area contributed by atoms with Crippen LogP contribution in [0, 0.1) is 11.8 Å². The van der Waals surface area contributed by atoms with Crippen LogP contribution in [-0.2, 0) is 9.59 Å². The fourth-order valence-corrected chi connectivity index (χ4v) is 4.65. The van der Waals surface area contributed by atoms with Crippen molar-refractivity contribution < 1.29 is 14.4 Å². The second-order valence-corrected chi connectivity index (χ2v) is 8.99. The Morgan fingerprint density at radius 2 is 1.50 bits per heavy atom. The molecule has 0 aliphatic carbocycles. The topological polar surface area (TPSA) is 69.7 Å². The van der Waals surface area contributed by atoms with Crippen molar-refractivity contribution in [3.05, 3.63) is 65.2 Å². The minimum atomic E-state index is -0.185. The maximum Gasteiger partial charge on any atom is 0.253 e. The lowest BCUT2D eigenvalue weighted by molar-refractivity contribution is -0.139. The van der Waals surface area contributed by atoms with Gasteiger partial charge in [0.1, 0.15) is 0 Å². The number of amides is 3. The van der Waals surface area contributed by atoms with E-state index in [0.717, 1.165) is 18.5 Å². The maximum absolute atomic E-state index is 13.1. The molecule has 0 radical (unpaired) electrons. The first kappa shape index (κ1) is 22.3. The highest BCUT2D eigenvalue weighted by atomic mass is 35.5. The van der Waals surface area contributed by atoms with Crippen LogP contribution in [0.3, 0.4) is 0 Å². The summed E-state index contributed by atoms with van der Waals surface area (Å²) < 4.78 is 0. The summed E-state index contributed by atoms with van der Waals surface area (Å²) in [7, 11) is 0. The Bertz CT molecular complexity index is 956. The molecule has 1 atom stereocenters. The minimum Gasteiger partial charge on any atom is -0.342 e. The SMILES string of the molecule is O=C(Nc1ccccc1)C1CCN(C(=O)[C@H]2CCCN(C(=O)c3ccc(Cl)cc3)C2)CC1. The molecule has 168 valence electrons. The molecule has 0 spiro atoms. The van der Waals surface area contributed by atoms with Crippen molar-refractivity contribution >= 4 is 35.0 Å². The van der Waals surface area contributed by atoms with Gasteiger partial charge in [-0.15, -0.1) is 0 Å². The molecule has 7 heteroatoms. The Labute approximate surface area is 193 Å². The second-order valence-electron chi connectivity index (χ2n) is 8.55. The van der Waals surface area contributed by atoms with E-state index in [1.165, 1.54) is 0 Å². The number of likely N-dealkylation sites (tertiary alicyclic amines) is 2. The first-order valence-electron chi connectivity index (χ1n) is 11.2. The normalized spacial score (nSPS) is 19.5. The fraction of sp³-hybridized carbons (Fsp3) is 0.400. The zero-order valence-electron chi connectivity index (χ0n) is 18.0. The molecule has 2 aliphatic rings. The Hall–Kier alpha value is -2.86. The van der Waals surface area contributed by atoms with E-state index >= 15 is 0 Å². The summed E-state index contributed by atoms with van der Waals surface area (Å²) in [6.45, 7) is 2.25. The molecule has 6 nitrogen and oxygen atoms in total. The highest BCUT2D eigenvalue weighted by molar-refractivity contribution is 6.30. The molecule has 2 aliphatic heterocycles. The molecule has 0 aromatic heterocycles. The number of piperidine rings is 2. The molecule has 2 aromatic rings. The Morgan fingerprint density at radius 1 is 0.812 bits per heavy atom. The number of carbonyl (C=O) groups excluding carboxylic acids is 3. The summed E-state index contributed by atoms with van der Waals surface area (Å²) in [5.41, 5.74) is 1.39. The van der Waals surface area contributed by atoms with E-state index in [0.29, 0.717) is 49.6 Å². The summed E-state index contributed by atoms with van der Waals surface area (Å²) >= 11 is 5.92. The van der Waals surface area contributed by atoms with Crippen molar-refractivity contribution in [3.63, 3.8) is 0 Å². The van der Waals surface area contributed by atoms with Gasteiger partial charge >= 0.3 is 0 Å². The number of benzene rings is 2. The maximum atomic E-state index is 13.1. The van der Waals surface area contributed by atoms with E-state index < -0.39 is 0 Å². The van der Waals surface area contributed by atoms with Gasteiger partial charge in [-0.3, -0.25) is 14.4 Å². The summed E-state index contributed by atoms with van der Waals surface area (Å²) in [6, 6.07) is 16.3. The Morgan fingerprint density at radius 3 is 2.19 bits per heavy atom. The molecular formula is C25H28ClN3O3. The van der Waals surface area contributed by atoms with Crippen molar-refractivity contribution in [2.75, 3.05) is 31.5 Å². The average molecular weight is 454 g/mol. The molecule has 3 amide bonds. The molecule has 0 saturated carbocycles. The first-order chi connectivity index (χ1) is 15.5. The zero-order valence-corrected chi connectivity index (χ0v) is 18.8. The standard InChI is InChI=1S/C25H28ClN3O3/c26-21-10-8-19(9-11-21)24(31)29-14-4-5-20(17-29)25(32)28-15-12-18(13-16-28)23(30)27-22-6-2-1-3-7-22/h1-3,6-11,18,20H,4-5,12-17H2,(H,27,30)/t20-/m0/s1. The van der Waals surface area contributed by atoms with Crippen molar-refractivity contribution in [1.29, 1.82) is 0 Å². The number of hydrogen-bond donors (Lipinski definition) is 1. The molecule has 2 fully saturated rings. The highest BCUT2D eigenvalue weighted by Gasteiger charge is 2.34. The molecular weight excluding hydrogens is 426 g/mol. The van der Waals surface area contributed by atoms with E-state index in [9.17, 15) is 14.4 Å². The van der Waals surface area contributed by atoms with Gasteiger partial charge in [-0.25, -0.2) is 0 Å². The number of carbonyl (C=O) groups is 3. The number of hydrogen-bond acceptors (Lipinski definition) is 3. The van der Waals surface area contributed by atoms with Gasteiger partial charge in [-0.2, -0.15) is 0 Å². The summed E-state index contributed by atoms with van der Waals surface area (Å²) in [4.78, 5) is 42.2. The van der Waals surface area contributed by atoms with Crippen molar-refractivity contribution in [2.24, 2.45) is 11.8 Å². The summed E-state index contributed by atoms with van der Waals surface area (Å²) in [6.07, 6.45) is 2.92. The lowest BCUT2D eigenvalue weighted by Gasteiger charge is -2.37. The molecule has 0 unspecified atom stereocenters. The van der Waals surface area contributed by atoms with E-state index in [2.05, 4.69) is 5.32 Å². The van der Waals surface area contributed by atoms with Crippen LogP contribution in [0.1, 0.15) is 36.0 Å². The molecule has 0 bridgehead atoms. The van der Waals surface area contributed by atoms with Crippen LogP contribution >= 0.6 is 11.6 Å². The molecule has 2 saturated heterocycles. The predicted octanol–water partition coefficient (Wildman–Crippen LogP) is 4.07. The van der Waals surface area contributed by atoms with Crippen LogP contribution in [0.4, 0.5) is 5.69 Å². The molecule has 32 heavy (non-hydrogen) atoms. The van der Waals surface area contributed by atoms with E-state index in [1.807, 2.05) is 35.2 Å². The molecule has 2 heterocycles. The zero-order chi connectivity index (χ0) is 22.5. The van der Waals surface area contributed by atoms with Crippen LogP contribution in [0.25, 0.3) is 0 Å². The lowest BCUT2D eigenvalue weighted by Crippen LogP contribution is -2.49. The van der Waals surface area contributed by atoms with E-state index in [1.54, 1.807) is 29.2 Å². The van der Waals surface area contributed by atoms with Crippen LogP contribution < -0.4 is 5.32 Å². The van der Waals surface area contributed by atoms with E-state index in [-0.39, 0.29) is 29.6 Å². The van der Waals surface area contributed by atoms with Gasteiger partial charge in [-0.1, -0.05) is 29.8 Å². The minimum absolute atomic E-state index is 0.0145. The average Bonchev–Trinajstić information content (AvgIpc) is 2.84. The van der Waals surface area contributed by atoms with Crippen LogP contribution in [-0.4, -0.2) is 53.7 Å². The van der Waals surface area contributed by atoms with E-state index in [4.69, 9.17) is 11.6 Å². The highest BCUT2D eigenvalue weighted by Crippen LogP contribution is 2.25. The van der Waals surface area contributed by atoms with Crippen LogP contribution in [0.2, 0.25) is 5.02 Å². The monoisotopic (exact) mass is 453 g/mol. The number of nitrogens with one attached hydrogen (secondary N) is 1. The number of rotatable bonds is 4. The van der Waals surface area contributed by atoms with Crippen molar-refractivity contribution in [3.8, 4) is 0 Å². The van der Waals surface area contributed by atoms with Gasteiger partial charge in [0.05, 0.1) is 5.92 Å². The van der Waals surface area contributed by atoms with Gasteiger partial charge in [0, 0.05) is 48.4 Å². The number of nitrogens with zero attached hydrogens (tertiary/aromatic N) is 2. The number of para-hydroxylation sites is 1. The third kappa shape index (κ3) is 5.30. The van der Waals surface area contributed by atoms with Gasteiger partial charge in [0.2, 0.25) is 11.8 Å². The summed E-state index contributed by atoms with van der Waals surface area (Å²) in [5.74, 6) is -0.222. The quantitative estimate of drug-likeness (QED) is 0.758. The lowest BCUT2D eigenvalue weighted by atomic mass is 9.92. The number of halogens is 1. The van der Waals surface area contributed by atoms with Gasteiger partial charge in [-0.05, 0) is 62.1 Å². The Balaban J connectivity index is 1.29. The van der Waals surface area contributed by atoms with Crippen LogP contribution in [0.5, 0.6) is 0 Å². The van der Waals surface area contributed by atoms with Crippen LogP contribution in [0.15, 0.2) is 54.6 Å². The van der Waals surface area contributed by atoms with Gasteiger partial charge in [0.25, 0.3) is 5.91 Å². The third-order valence-electron chi connectivity index (χ3n) is 6.37. The Kier molecular flexibility index (Phi) is 7.10.